The number of aryl methyl sites for hydroxylation is 2. The summed E-state index contributed by atoms with van der Waals surface area (Å²) in [6, 6.07) is 8.68. The highest BCUT2D eigenvalue weighted by molar-refractivity contribution is 5.95. The Morgan fingerprint density at radius 3 is 2.30 bits per heavy atom. The van der Waals surface area contributed by atoms with Gasteiger partial charge in [0.1, 0.15) is 12.3 Å². The molecule has 17 heteroatoms. The number of aliphatic hydroxyl groups is 4. The van der Waals surface area contributed by atoms with Crippen molar-refractivity contribution >= 4 is 29.8 Å². The largest absolute Gasteiger partial charge is 0.507 e. The number of aromatic hydroxyl groups is 1. The van der Waals surface area contributed by atoms with E-state index in [0.29, 0.717) is 35.6 Å². The summed E-state index contributed by atoms with van der Waals surface area (Å²) in [5.74, 6) is 3.00. The number of ether oxygens (including phenoxy) is 1. The number of allylic oxidation sites excluding steroid dienone is 1. The molecule has 0 bridgehead atoms. The number of hydrogen-bond acceptors (Lipinski definition) is 13. The Balaban J connectivity index is 1.43. The van der Waals surface area contributed by atoms with Gasteiger partial charge in [-0.25, -0.2) is 10.6 Å². The third-order valence-corrected chi connectivity index (χ3v) is 11.4. The number of nitrogens with one attached hydrogen (secondary N) is 3. The molecule has 1 aliphatic carbocycles. The molecule has 0 aromatic heterocycles. The number of amides is 3. The first-order valence-electron chi connectivity index (χ1n) is 20.9. The van der Waals surface area contributed by atoms with Crippen LogP contribution in [0.15, 0.2) is 54.4 Å². The predicted octanol–water partition coefficient (Wildman–Crippen LogP) is 1.60. The maximum atomic E-state index is 13.3. The number of nitrogens with zero attached hydrogens (tertiary/aromatic N) is 1. The summed E-state index contributed by atoms with van der Waals surface area (Å²) < 4.78 is 5.40. The minimum Gasteiger partial charge on any atom is -0.507 e. The molecule has 2 aromatic carbocycles. The molecule has 61 heavy (non-hydrogen) atoms. The molecular weight excluding hydrogens is 789 g/mol. The van der Waals surface area contributed by atoms with Crippen molar-refractivity contribution in [3.63, 3.8) is 0 Å². The smallest absolute Gasteiger partial charge is 0.336 e. The van der Waals surface area contributed by atoms with Crippen molar-refractivity contribution in [2.45, 2.75) is 115 Å². The molecule has 1 saturated carbocycles. The molecule has 1 aliphatic heterocycles. The monoisotopic (exact) mass is 852 g/mol. The lowest BCUT2D eigenvalue weighted by Gasteiger charge is -2.32. The molecule has 0 spiro atoms. The molecule has 0 radical (unpaired) electrons. The van der Waals surface area contributed by atoms with E-state index < -0.39 is 80.1 Å². The van der Waals surface area contributed by atoms with Gasteiger partial charge < -0.3 is 62.1 Å². The number of phenols is 1. The topological polar surface area (TPSA) is 290 Å². The van der Waals surface area contributed by atoms with Gasteiger partial charge in [0.25, 0.3) is 5.91 Å². The first-order chi connectivity index (χ1) is 28.9. The third-order valence-electron chi connectivity index (χ3n) is 11.4. The van der Waals surface area contributed by atoms with Gasteiger partial charge in [0.2, 0.25) is 11.8 Å². The predicted molar refractivity (Wildman–Crippen MR) is 227 cm³/mol. The van der Waals surface area contributed by atoms with E-state index in [2.05, 4.69) is 16.0 Å². The number of hydrogen-bond donors (Lipinski definition) is 11. The van der Waals surface area contributed by atoms with Crippen LogP contribution in [0.1, 0.15) is 96.8 Å². The molecule has 1 heterocycles. The standard InChI is InChI=1S/C44H64N6O11/c1-27-17-33(18-28(2)40(27)55)42(57)48-23-38(53)36(51)20-35(49-39(54)25-50(46)24-34(45)31-12-4-3-5-13-31)37(52)21-44(60,43(58)59)15-7-11-29-9-6-10-30(19-29)22-47-41(56)32-14-8-16-61-26-32/h6-7,9-11,17-19,24,31-32,35-38,51-53,55,60H,3-5,8,12-16,20-23,25-26,45-46H2,1-2H3,(H,47,56)(H,48,57)(H,49,54)(H,58,59)/b11-7+,34-24-/t32?,35?,36-,37-,38?,44+/m0/s1. The van der Waals surface area contributed by atoms with E-state index in [1.165, 1.54) is 24.4 Å². The van der Waals surface area contributed by atoms with E-state index in [-0.39, 0.29) is 35.6 Å². The summed E-state index contributed by atoms with van der Waals surface area (Å²) in [7, 11) is 0. The fourth-order valence-electron chi connectivity index (χ4n) is 7.67. The molecule has 13 N–H and O–H groups in total. The van der Waals surface area contributed by atoms with Gasteiger partial charge in [-0.2, -0.15) is 0 Å². The van der Waals surface area contributed by atoms with E-state index in [0.717, 1.165) is 55.5 Å². The van der Waals surface area contributed by atoms with Crippen LogP contribution in [0, 0.1) is 25.7 Å². The van der Waals surface area contributed by atoms with Crippen molar-refractivity contribution in [1.29, 1.82) is 0 Å². The average molecular weight is 853 g/mol. The van der Waals surface area contributed by atoms with Crippen molar-refractivity contribution in [2.24, 2.45) is 23.4 Å². The second kappa shape index (κ2) is 23.3. The number of aliphatic carboxylic acids is 1. The number of aliphatic hydroxyl groups excluding tert-OH is 3. The zero-order valence-electron chi connectivity index (χ0n) is 35.1. The molecule has 3 amide bonds. The first kappa shape index (κ1) is 48.6. The molecular formula is C44H64N6O11. The van der Waals surface area contributed by atoms with Crippen molar-refractivity contribution < 1.29 is 54.6 Å². The van der Waals surface area contributed by atoms with Crippen LogP contribution < -0.4 is 27.5 Å². The normalized spacial score (nSPS) is 19.3. The Morgan fingerprint density at radius 2 is 1.64 bits per heavy atom. The molecule has 3 unspecified atom stereocenters. The van der Waals surface area contributed by atoms with Crippen LogP contribution in [-0.2, 0) is 25.7 Å². The molecule has 17 nitrogen and oxygen atoms in total. The molecule has 1 saturated heterocycles. The van der Waals surface area contributed by atoms with Crippen LogP contribution in [0.4, 0.5) is 0 Å². The van der Waals surface area contributed by atoms with Crippen molar-refractivity contribution in [2.75, 3.05) is 26.3 Å². The fourth-order valence-corrected chi connectivity index (χ4v) is 7.67. The van der Waals surface area contributed by atoms with E-state index in [1.54, 1.807) is 38.1 Å². The third kappa shape index (κ3) is 15.1. The van der Waals surface area contributed by atoms with Crippen molar-refractivity contribution in [3.8, 4) is 5.75 Å². The SMILES string of the molecule is Cc1cc(C(=O)NCC(O)[C@@H](O)CC(NC(=O)CN(N)/C=C(\N)C2CCCCC2)[C@@H](O)C[C@](O)(C/C=C/c2cccc(CNC(=O)C3CCCOC3)c2)C(=O)O)cc(C)c1O. The number of nitrogens with two attached hydrogens (primary N) is 2. The number of carbonyl (C=O) groups is 4. The zero-order valence-corrected chi connectivity index (χ0v) is 35.1. The second-order valence-corrected chi connectivity index (χ2v) is 16.4. The molecule has 6 atom stereocenters. The first-order valence-corrected chi connectivity index (χ1v) is 20.9. The second-order valence-electron chi connectivity index (χ2n) is 16.4. The minimum atomic E-state index is -2.54. The van der Waals surface area contributed by atoms with Gasteiger partial charge in [-0.15, -0.1) is 0 Å². The minimum absolute atomic E-state index is 0.0420. The zero-order chi connectivity index (χ0) is 44.7. The number of rotatable bonds is 21. The Hall–Kier alpha value is -5.04. The highest BCUT2D eigenvalue weighted by Gasteiger charge is 2.40. The number of hydrazine groups is 1. The van der Waals surface area contributed by atoms with Gasteiger partial charge in [-0.1, -0.05) is 49.6 Å². The summed E-state index contributed by atoms with van der Waals surface area (Å²) in [4.78, 5) is 51.2. The molecule has 4 rings (SSSR count). The van der Waals surface area contributed by atoms with Crippen LogP contribution in [0.25, 0.3) is 6.08 Å². The van der Waals surface area contributed by atoms with Crippen LogP contribution in [0.3, 0.4) is 0 Å². The van der Waals surface area contributed by atoms with Gasteiger partial charge in [0, 0.05) is 50.0 Å². The Morgan fingerprint density at radius 1 is 0.951 bits per heavy atom. The number of phenolic OH excluding ortho intramolecular Hbond substituents is 1. The van der Waals surface area contributed by atoms with Crippen LogP contribution >= 0.6 is 0 Å². The number of carboxylic acid groups (broad SMARTS) is 1. The maximum Gasteiger partial charge on any atom is 0.336 e. The van der Waals surface area contributed by atoms with E-state index in [4.69, 9.17) is 16.3 Å². The summed E-state index contributed by atoms with van der Waals surface area (Å²) in [6.45, 7) is 3.68. The van der Waals surface area contributed by atoms with Crippen LogP contribution in [0.5, 0.6) is 5.75 Å². The fraction of sp³-hybridized carbons (Fsp3) is 0.545. The molecule has 2 fully saturated rings. The Bertz CT molecular complexity index is 1840. The summed E-state index contributed by atoms with van der Waals surface area (Å²) in [5, 5.41) is 74.0. The summed E-state index contributed by atoms with van der Waals surface area (Å²) >= 11 is 0. The number of carboxylic acids is 1. The van der Waals surface area contributed by atoms with Crippen molar-refractivity contribution in [1.82, 2.24) is 21.0 Å². The van der Waals surface area contributed by atoms with Gasteiger partial charge in [0.05, 0.1) is 36.9 Å². The number of carbonyl (C=O) groups excluding carboxylic acids is 3. The van der Waals surface area contributed by atoms with Crippen molar-refractivity contribution in [3.05, 3.63) is 82.2 Å². The van der Waals surface area contributed by atoms with Gasteiger partial charge in [-0.05, 0) is 92.3 Å². The quantitative estimate of drug-likeness (QED) is 0.0629. The lowest BCUT2D eigenvalue weighted by Crippen LogP contribution is -2.53. The number of benzene rings is 2. The highest BCUT2D eigenvalue weighted by Crippen LogP contribution is 2.28. The molecule has 2 aromatic rings. The van der Waals surface area contributed by atoms with Gasteiger partial charge >= 0.3 is 5.97 Å². The molecule has 336 valence electrons. The maximum absolute atomic E-state index is 13.3. The highest BCUT2D eigenvalue weighted by atomic mass is 16.5. The Labute approximate surface area is 356 Å². The van der Waals surface area contributed by atoms with E-state index in [1.807, 2.05) is 6.07 Å². The van der Waals surface area contributed by atoms with Gasteiger partial charge in [0.15, 0.2) is 5.60 Å². The van der Waals surface area contributed by atoms with E-state index >= 15 is 0 Å². The lowest BCUT2D eigenvalue weighted by molar-refractivity contribution is -0.162. The average Bonchev–Trinajstić information content (AvgIpc) is 3.23. The van der Waals surface area contributed by atoms with Crippen LogP contribution in [-0.4, -0.2) is 116 Å². The van der Waals surface area contributed by atoms with Crippen LogP contribution in [0.2, 0.25) is 0 Å². The summed E-state index contributed by atoms with van der Waals surface area (Å²) in [5.41, 5.74) is 6.86. The lowest BCUT2D eigenvalue weighted by atomic mass is 9.87. The van der Waals surface area contributed by atoms with Gasteiger partial charge in [-0.3, -0.25) is 14.4 Å². The molecule has 2 aliphatic rings. The summed E-state index contributed by atoms with van der Waals surface area (Å²) in [6.07, 6.45) is 4.23. The Kier molecular flexibility index (Phi) is 18.5. The van der Waals surface area contributed by atoms with E-state index in [9.17, 15) is 49.8 Å².